The summed E-state index contributed by atoms with van der Waals surface area (Å²) in [6.45, 7) is 2.81. The smallest absolute Gasteiger partial charge is 0.307 e. The summed E-state index contributed by atoms with van der Waals surface area (Å²) in [4.78, 5) is 36.5. The molecular formula is C16H27N4O6S. The van der Waals surface area contributed by atoms with E-state index in [1.807, 2.05) is 0 Å². The van der Waals surface area contributed by atoms with Crippen LogP contribution in [0.2, 0.25) is 0 Å². The molecule has 11 heteroatoms. The van der Waals surface area contributed by atoms with E-state index < -0.39 is 34.0 Å². The van der Waals surface area contributed by atoms with Gasteiger partial charge in [0.2, 0.25) is 11.8 Å². The number of nitrogens with two attached hydrogens (primary N) is 1. The van der Waals surface area contributed by atoms with Crippen molar-refractivity contribution in [1.82, 2.24) is 13.9 Å². The first-order valence-corrected chi connectivity index (χ1v) is 10.4. The lowest BCUT2D eigenvalue weighted by Crippen LogP contribution is -2.56. The Morgan fingerprint density at radius 2 is 2.07 bits per heavy atom. The molecule has 2 fully saturated rings. The molecule has 10 nitrogen and oxygen atoms in total. The molecule has 27 heavy (non-hydrogen) atoms. The first kappa shape index (κ1) is 21.7. The van der Waals surface area contributed by atoms with Crippen molar-refractivity contribution in [3.8, 4) is 0 Å². The number of amides is 2. The predicted octanol–water partition coefficient (Wildman–Crippen LogP) is -1.57. The Bertz CT molecular complexity index is 662. The van der Waals surface area contributed by atoms with Gasteiger partial charge >= 0.3 is 10.2 Å². The molecule has 0 unspecified atom stereocenters. The number of nitrogens with one attached hydrogen (secondary N) is 1. The summed E-state index contributed by atoms with van der Waals surface area (Å²) in [5.74, 6) is -2.37. The molecule has 1 radical (unpaired) electrons. The van der Waals surface area contributed by atoms with Crippen LogP contribution in [-0.2, 0) is 29.3 Å². The number of nitrogens with zero attached hydrogens (tertiary/aromatic N) is 2. The van der Waals surface area contributed by atoms with Crippen LogP contribution in [0.15, 0.2) is 0 Å². The topological polar surface area (TPSA) is 139 Å². The Balaban J connectivity index is 2.27. The van der Waals surface area contributed by atoms with Crippen LogP contribution in [0.1, 0.15) is 26.2 Å². The highest BCUT2D eigenvalue weighted by Crippen LogP contribution is 2.22. The Labute approximate surface area is 159 Å². The number of rotatable bonds is 7. The Kier molecular flexibility index (Phi) is 7.71. The van der Waals surface area contributed by atoms with Crippen LogP contribution in [0.25, 0.3) is 0 Å². The van der Waals surface area contributed by atoms with Gasteiger partial charge in [-0.25, -0.2) is 4.31 Å². The molecule has 153 valence electrons. The molecule has 0 aliphatic carbocycles. The van der Waals surface area contributed by atoms with Gasteiger partial charge in [-0.1, -0.05) is 6.92 Å². The van der Waals surface area contributed by atoms with E-state index in [-0.39, 0.29) is 51.5 Å². The van der Waals surface area contributed by atoms with E-state index in [1.54, 1.807) is 6.92 Å². The highest BCUT2D eigenvalue weighted by molar-refractivity contribution is 7.87. The van der Waals surface area contributed by atoms with E-state index in [0.717, 1.165) is 10.7 Å². The third kappa shape index (κ3) is 5.47. The van der Waals surface area contributed by atoms with Crippen LogP contribution in [0.3, 0.4) is 0 Å². The Morgan fingerprint density at radius 1 is 1.41 bits per heavy atom. The minimum atomic E-state index is -4.20. The SMILES string of the molecule is C[C@@H](C[CH]C(=O)N([C@H]1CCCNCC1=O)S(=O)(=O)N1CCOCC1)C(N)=O. The standard InChI is InChI=1S/C16H27N4O6S/c1-12(16(17)23)4-5-15(22)20(13-3-2-6-18-11-14(13)21)27(24,25)19-7-9-26-10-8-19/h5,12-13,18H,2-4,6-11H2,1H3,(H2,17,23)/t12-,13-/m0/s1. The van der Waals surface area contributed by atoms with E-state index in [9.17, 15) is 22.8 Å². The number of carbonyl (C=O) groups excluding carboxylic acids is 3. The van der Waals surface area contributed by atoms with Crippen molar-refractivity contribution in [3.63, 3.8) is 0 Å². The highest BCUT2D eigenvalue weighted by atomic mass is 32.2. The van der Waals surface area contributed by atoms with Gasteiger partial charge < -0.3 is 15.8 Å². The van der Waals surface area contributed by atoms with E-state index in [1.165, 1.54) is 0 Å². The summed E-state index contributed by atoms with van der Waals surface area (Å²) in [7, 11) is -4.20. The van der Waals surface area contributed by atoms with Gasteiger partial charge in [-0.2, -0.15) is 12.7 Å². The van der Waals surface area contributed by atoms with Crippen molar-refractivity contribution in [1.29, 1.82) is 0 Å². The highest BCUT2D eigenvalue weighted by Gasteiger charge is 2.42. The number of carbonyl (C=O) groups is 3. The molecule has 0 bridgehead atoms. The lowest BCUT2D eigenvalue weighted by Gasteiger charge is -2.35. The van der Waals surface area contributed by atoms with E-state index >= 15 is 0 Å². The number of ketones is 1. The summed E-state index contributed by atoms with van der Waals surface area (Å²) in [6.07, 6.45) is 1.94. The zero-order chi connectivity index (χ0) is 20.0. The molecule has 0 spiro atoms. The van der Waals surface area contributed by atoms with Gasteiger partial charge in [0.1, 0.15) is 6.04 Å². The van der Waals surface area contributed by atoms with Crippen molar-refractivity contribution in [2.75, 3.05) is 39.4 Å². The zero-order valence-electron chi connectivity index (χ0n) is 15.4. The number of morpholine rings is 1. The summed E-state index contributed by atoms with van der Waals surface area (Å²) in [6, 6.07) is -1.07. The lowest BCUT2D eigenvalue weighted by molar-refractivity contribution is -0.132. The largest absolute Gasteiger partial charge is 0.379 e. The number of hydrogen-bond acceptors (Lipinski definition) is 7. The number of Topliss-reactive ketones (excluding diaryl/α,β-unsaturated/α-hetero) is 1. The van der Waals surface area contributed by atoms with E-state index in [0.29, 0.717) is 17.3 Å². The van der Waals surface area contributed by atoms with Crippen LogP contribution in [0, 0.1) is 12.3 Å². The summed E-state index contributed by atoms with van der Waals surface area (Å²) in [5.41, 5.74) is 5.20. The van der Waals surface area contributed by atoms with Crippen LogP contribution < -0.4 is 11.1 Å². The molecule has 2 rings (SSSR count). The first-order valence-electron chi connectivity index (χ1n) is 9.02. The molecule has 2 heterocycles. The van der Waals surface area contributed by atoms with E-state index in [4.69, 9.17) is 10.5 Å². The van der Waals surface area contributed by atoms with Crippen molar-refractivity contribution in [2.24, 2.45) is 11.7 Å². The fraction of sp³-hybridized carbons (Fsp3) is 0.750. The predicted molar refractivity (Wildman–Crippen MR) is 96.3 cm³/mol. The molecular weight excluding hydrogens is 376 g/mol. The minimum absolute atomic E-state index is 0.00244. The quantitative estimate of drug-likeness (QED) is 0.523. The summed E-state index contributed by atoms with van der Waals surface area (Å²) >= 11 is 0. The minimum Gasteiger partial charge on any atom is -0.379 e. The molecule has 2 saturated heterocycles. The molecule has 0 saturated carbocycles. The monoisotopic (exact) mass is 403 g/mol. The molecule has 2 atom stereocenters. The van der Waals surface area contributed by atoms with Crippen molar-refractivity contribution < 1.29 is 27.5 Å². The molecule has 0 aromatic heterocycles. The van der Waals surface area contributed by atoms with Gasteiger partial charge in [-0.3, -0.25) is 14.4 Å². The molecule has 0 aromatic carbocycles. The van der Waals surface area contributed by atoms with Crippen LogP contribution in [-0.4, -0.2) is 80.1 Å². The maximum absolute atomic E-state index is 13.2. The first-order chi connectivity index (χ1) is 12.7. The third-order valence-electron chi connectivity index (χ3n) is 4.68. The van der Waals surface area contributed by atoms with Gasteiger partial charge in [0.25, 0.3) is 0 Å². The zero-order valence-corrected chi connectivity index (χ0v) is 16.2. The van der Waals surface area contributed by atoms with Crippen molar-refractivity contribution in [2.45, 2.75) is 32.2 Å². The average molecular weight is 403 g/mol. The van der Waals surface area contributed by atoms with Gasteiger partial charge in [-0.05, 0) is 25.8 Å². The lowest BCUT2D eigenvalue weighted by atomic mass is 10.0. The Morgan fingerprint density at radius 3 is 2.70 bits per heavy atom. The van der Waals surface area contributed by atoms with Crippen molar-refractivity contribution >= 4 is 27.8 Å². The summed E-state index contributed by atoms with van der Waals surface area (Å²) in [5, 5.41) is 2.93. The summed E-state index contributed by atoms with van der Waals surface area (Å²) < 4.78 is 33.3. The molecule has 0 aromatic rings. The van der Waals surface area contributed by atoms with Crippen LogP contribution in [0.4, 0.5) is 0 Å². The maximum Gasteiger partial charge on any atom is 0.307 e. The van der Waals surface area contributed by atoms with Crippen molar-refractivity contribution in [3.05, 3.63) is 6.42 Å². The van der Waals surface area contributed by atoms with Gasteiger partial charge in [0.05, 0.1) is 26.2 Å². The van der Waals surface area contributed by atoms with Gasteiger partial charge in [0, 0.05) is 19.0 Å². The third-order valence-corrected chi connectivity index (χ3v) is 6.63. The number of primary amides is 1. The van der Waals surface area contributed by atoms with Crippen LogP contribution >= 0.6 is 0 Å². The van der Waals surface area contributed by atoms with E-state index in [2.05, 4.69) is 5.32 Å². The van der Waals surface area contributed by atoms with Gasteiger partial charge in [0.15, 0.2) is 5.78 Å². The molecule has 2 amide bonds. The average Bonchev–Trinajstić information content (AvgIpc) is 2.85. The number of hydrogen-bond donors (Lipinski definition) is 2. The maximum atomic E-state index is 13.2. The second-order valence-corrected chi connectivity index (χ2v) is 8.50. The number of ether oxygens (including phenoxy) is 1. The Hall–Kier alpha value is -1.56. The second-order valence-electron chi connectivity index (χ2n) is 6.70. The normalized spacial score (nSPS) is 23.4. The van der Waals surface area contributed by atoms with Crippen LogP contribution in [0.5, 0.6) is 0 Å². The molecule has 2 aliphatic heterocycles. The molecule has 2 aliphatic rings. The fourth-order valence-electron chi connectivity index (χ4n) is 2.97. The fourth-order valence-corrected chi connectivity index (χ4v) is 4.68. The second kappa shape index (κ2) is 9.58. The molecule has 3 N–H and O–H groups in total. The van der Waals surface area contributed by atoms with Gasteiger partial charge in [-0.15, -0.1) is 0 Å².